The summed E-state index contributed by atoms with van der Waals surface area (Å²) in [6, 6.07) is 3.75. The van der Waals surface area contributed by atoms with Gasteiger partial charge in [0.1, 0.15) is 13.5 Å². The summed E-state index contributed by atoms with van der Waals surface area (Å²) in [5, 5.41) is 0. The SMILES string of the molecule is [B]c1cnc2ccc([C@]3(C)CC(=O)N(C)C(N)=N3)cn12. The van der Waals surface area contributed by atoms with Crippen LogP contribution in [0.15, 0.2) is 29.5 Å². The van der Waals surface area contributed by atoms with Crippen molar-refractivity contribution in [2.75, 3.05) is 7.05 Å². The molecule has 3 rings (SSSR count). The van der Waals surface area contributed by atoms with Crippen molar-refractivity contribution in [2.24, 2.45) is 10.7 Å². The molecule has 7 heteroatoms. The summed E-state index contributed by atoms with van der Waals surface area (Å²) >= 11 is 0. The summed E-state index contributed by atoms with van der Waals surface area (Å²) in [7, 11) is 7.48. The lowest BCUT2D eigenvalue weighted by Gasteiger charge is -2.33. The second kappa shape index (κ2) is 4.09. The molecular formula is C13H14BN5O. The van der Waals surface area contributed by atoms with Crippen LogP contribution in [0.4, 0.5) is 0 Å². The average Bonchev–Trinajstić information content (AvgIpc) is 2.77. The van der Waals surface area contributed by atoms with Crippen molar-refractivity contribution in [1.82, 2.24) is 14.3 Å². The summed E-state index contributed by atoms with van der Waals surface area (Å²) in [6.07, 6.45) is 3.72. The molecule has 0 unspecified atom stereocenters. The van der Waals surface area contributed by atoms with E-state index in [-0.39, 0.29) is 18.3 Å². The molecular weight excluding hydrogens is 253 g/mol. The van der Waals surface area contributed by atoms with Crippen LogP contribution < -0.4 is 11.3 Å². The van der Waals surface area contributed by atoms with Gasteiger partial charge in [-0.1, -0.05) is 6.07 Å². The van der Waals surface area contributed by atoms with Crippen molar-refractivity contribution in [3.05, 3.63) is 30.1 Å². The summed E-state index contributed by atoms with van der Waals surface area (Å²) in [5.41, 5.74) is 7.31. The molecule has 2 aromatic heterocycles. The smallest absolute Gasteiger partial charge is 0.231 e. The van der Waals surface area contributed by atoms with E-state index in [1.807, 2.05) is 25.3 Å². The molecule has 0 bridgehead atoms. The van der Waals surface area contributed by atoms with E-state index >= 15 is 0 Å². The number of aromatic nitrogens is 2. The van der Waals surface area contributed by atoms with Gasteiger partial charge in [0.15, 0.2) is 5.96 Å². The van der Waals surface area contributed by atoms with Crippen LogP contribution in [0.2, 0.25) is 0 Å². The van der Waals surface area contributed by atoms with Crippen LogP contribution in [0.1, 0.15) is 18.9 Å². The largest absolute Gasteiger partial charge is 0.369 e. The van der Waals surface area contributed by atoms with Crippen LogP contribution >= 0.6 is 0 Å². The zero-order valence-corrected chi connectivity index (χ0v) is 11.4. The molecule has 1 amide bonds. The molecule has 1 aliphatic heterocycles. The zero-order chi connectivity index (χ0) is 14.5. The summed E-state index contributed by atoms with van der Waals surface area (Å²) in [5.74, 6) is 0.168. The highest BCUT2D eigenvalue weighted by molar-refractivity contribution is 6.31. The first kappa shape index (κ1) is 12.7. The van der Waals surface area contributed by atoms with Gasteiger partial charge in [0.2, 0.25) is 5.91 Å². The van der Waals surface area contributed by atoms with Crippen molar-refractivity contribution < 1.29 is 4.79 Å². The summed E-state index contributed by atoms with van der Waals surface area (Å²) in [6.45, 7) is 1.89. The highest BCUT2D eigenvalue weighted by Gasteiger charge is 2.36. The Morgan fingerprint density at radius 3 is 2.90 bits per heavy atom. The molecule has 2 radical (unpaired) electrons. The number of hydrogen-bond donors (Lipinski definition) is 1. The fourth-order valence-corrected chi connectivity index (χ4v) is 2.39. The van der Waals surface area contributed by atoms with E-state index in [9.17, 15) is 4.79 Å². The van der Waals surface area contributed by atoms with Gasteiger partial charge < -0.3 is 10.1 Å². The van der Waals surface area contributed by atoms with Crippen molar-refractivity contribution in [3.8, 4) is 0 Å². The number of hydrogen-bond acceptors (Lipinski definition) is 4. The zero-order valence-electron chi connectivity index (χ0n) is 11.4. The Bertz CT molecular complexity index is 737. The maximum absolute atomic E-state index is 12.0. The van der Waals surface area contributed by atoms with Gasteiger partial charge in [-0.05, 0) is 24.1 Å². The Balaban J connectivity index is 2.14. The molecule has 0 saturated heterocycles. The number of fused-ring (bicyclic) bond motifs is 1. The molecule has 0 aromatic carbocycles. The normalized spacial score (nSPS) is 23.2. The topological polar surface area (TPSA) is 76.0 Å². The van der Waals surface area contributed by atoms with Crippen LogP contribution in [-0.2, 0) is 10.3 Å². The van der Waals surface area contributed by atoms with E-state index in [0.717, 1.165) is 11.2 Å². The van der Waals surface area contributed by atoms with E-state index in [1.54, 1.807) is 17.6 Å². The second-order valence-electron chi connectivity index (χ2n) is 5.20. The van der Waals surface area contributed by atoms with E-state index in [1.165, 1.54) is 4.90 Å². The minimum absolute atomic E-state index is 0.0568. The number of nitrogens with zero attached hydrogens (tertiary/aromatic N) is 4. The molecule has 1 atom stereocenters. The van der Waals surface area contributed by atoms with E-state index in [0.29, 0.717) is 5.59 Å². The van der Waals surface area contributed by atoms with E-state index in [4.69, 9.17) is 13.6 Å². The molecule has 2 aromatic rings. The monoisotopic (exact) mass is 267 g/mol. The number of pyridine rings is 1. The first-order chi connectivity index (χ1) is 9.40. The predicted molar refractivity (Wildman–Crippen MR) is 76.9 cm³/mol. The van der Waals surface area contributed by atoms with Gasteiger partial charge >= 0.3 is 0 Å². The Labute approximate surface area is 117 Å². The molecule has 1 aliphatic rings. The van der Waals surface area contributed by atoms with Crippen molar-refractivity contribution >= 4 is 31.0 Å². The van der Waals surface area contributed by atoms with Gasteiger partial charge in [-0.2, -0.15) is 0 Å². The average molecular weight is 267 g/mol. The maximum atomic E-state index is 12.0. The summed E-state index contributed by atoms with van der Waals surface area (Å²) < 4.78 is 1.77. The Morgan fingerprint density at radius 1 is 1.45 bits per heavy atom. The van der Waals surface area contributed by atoms with Gasteiger partial charge in [0, 0.05) is 19.4 Å². The number of carbonyl (C=O) groups excluding carboxylic acids is 1. The third-order valence-electron chi connectivity index (χ3n) is 3.73. The lowest BCUT2D eigenvalue weighted by atomic mass is 9.88. The number of aliphatic imine (C=N–C) groups is 1. The van der Waals surface area contributed by atoms with E-state index in [2.05, 4.69) is 9.98 Å². The van der Waals surface area contributed by atoms with Gasteiger partial charge in [0.25, 0.3) is 0 Å². The van der Waals surface area contributed by atoms with E-state index < -0.39 is 5.54 Å². The molecule has 6 nitrogen and oxygen atoms in total. The lowest BCUT2D eigenvalue weighted by molar-refractivity contribution is -0.128. The number of carbonyl (C=O) groups is 1. The molecule has 0 spiro atoms. The third-order valence-corrected chi connectivity index (χ3v) is 3.73. The molecule has 0 saturated carbocycles. The highest BCUT2D eigenvalue weighted by Crippen LogP contribution is 2.32. The van der Waals surface area contributed by atoms with Gasteiger partial charge in [0.05, 0.1) is 12.0 Å². The first-order valence-corrected chi connectivity index (χ1v) is 6.26. The number of rotatable bonds is 1. The van der Waals surface area contributed by atoms with Crippen LogP contribution in [0, 0.1) is 0 Å². The molecule has 3 heterocycles. The maximum Gasteiger partial charge on any atom is 0.231 e. The number of imidazole rings is 1. The van der Waals surface area contributed by atoms with Crippen molar-refractivity contribution in [1.29, 1.82) is 0 Å². The van der Waals surface area contributed by atoms with Gasteiger partial charge in [-0.3, -0.25) is 9.69 Å². The Kier molecular flexibility index (Phi) is 2.60. The molecule has 2 N–H and O–H groups in total. The number of guanidine groups is 1. The van der Waals surface area contributed by atoms with Gasteiger partial charge in [-0.25, -0.2) is 9.98 Å². The summed E-state index contributed by atoms with van der Waals surface area (Å²) in [4.78, 5) is 22.0. The van der Waals surface area contributed by atoms with Crippen LogP contribution in [0.25, 0.3) is 5.65 Å². The standard InChI is InChI=1S/C13H14BN5O/c1-13(5-11(20)18(2)12(15)17-13)8-3-4-10-16-6-9(14)19(10)7-8/h3-4,6-7H,5H2,1-2H3,(H2,15,17)/t13-/m0/s1. The lowest BCUT2D eigenvalue weighted by Crippen LogP contribution is -2.47. The fourth-order valence-electron chi connectivity index (χ4n) is 2.39. The highest BCUT2D eigenvalue weighted by atomic mass is 16.2. The quantitative estimate of drug-likeness (QED) is 0.709. The van der Waals surface area contributed by atoms with Crippen LogP contribution in [-0.4, -0.2) is 41.0 Å². The molecule has 100 valence electrons. The second-order valence-corrected chi connectivity index (χ2v) is 5.20. The number of nitrogens with two attached hydrogens (primary N) is 1. The minimum atomic E-state index is -0.682. The molecule has 20 heavy (non-hydrogen) atoms. The fraction of sp³-hybridized carbons (Fsp3) is 0.308. The van der Waals surface area contributed by atoms with Crippen LogP contribution in [0.3, 0.4) is 0 Å². The van der Waals surface area contributed by atoms with Gasteiger partial charge in [-0.15, -0.1) is 0 Å². The predicted octanol–water partition coefficient (Wildman–Crippen LogP) is -0.480. The molecule has 0 fully saturated rings. The number of amides is 1. The Hall–Kier alpha value is -2.31. The van der Waals surface area contributed by atoms with Crippen molar-refractivity contribution in [2.45, 2.75) is 18.9 Å². The molecule has 0 aliphatic carbocycles. The van der Waals surface area contributed by atoms with Crippen LogP contribution in [0.5, 0.6) is 0 Å². The minimum Gasteiger partial charge on any atom is -0.369 e. The van der Waals surface area contributed by atoms with Crippen molar-refractivity contribution in [3.63, 3.8) is 0 Å². The third kappa shape index (κ3) is 1.78. The Morgan fingerprint density at radius 2 is 2.20 bits per heavy atom. The first-order valence-electron chi connectivity index (χ1n) is 6.26.